The Morgan fingerprint density at radius 2 is 2.13 bits per heavy atom. The topological polar surface area (TPSA) is 81.5 Å². The molecular formula is C15H13BrN6S. The van der Waals surface area contributed by atoms with Crippen molar-refractivity contribution in [2.75, 3.05) is 0 Å². The zero-order valence-corrected chi connectivity index (χ0v) is 14.4. The lowest BCUT2D eigenvalue weighted by atomic mass is 10.3. The lowest BCUT2D eigenvalue weighted by molar-refractivity contribution is 0.847. The van der Waals surface area contributed by atoms with Gasteiger partial charge in [0, 0.05) is 18.6 Å². The Bertz CT molecular complexity index is 823. The molecule has 0 aliphatic carbocycles. The van der Waals surface area contributed by atoms with Gasteiger partial charge in [0.1, 0.15) is 11.4 Å². The summed E-state index contributed by atoms with van der Waals surface area (Å²) in [6.45, 7) is 0.561. The minimum atomic E-state index is 0.282. The monoisotopic (exact) mass is 388 g/mol. The second-order valence-corrected chi connectivity index (χ2v) is 7.05. The molecule has 0 atom stereocenters. The molecule has 0 amide bonds. The van der Waals surface area contributed by atoms with Crippen molar-refractivity contribution in [1.82, 2.24) is 14.5 Å². The third-order valence-corrected chi connectivity index (χ3v) is 4.63. The van der Waals surface area contributed by atoms with E-state index in [0.717, 1.165) is 14.4 Å². The Labute approximate surface area is 145 Å². The molecule has 0 aliphatic heterocycles. The van der Waals surface area contributed by atoms with E-state index in [-0.39, 0.29) is 5.84 Å². The van der Waals surface area contributed by atoms with Crippen molar-refractivity contribution in [3.8, 4) is 0 Å². The number of thiophene rings is 1. The maximum absolute atomic E-state index is 5.96. The van der Waals surface area contributed by atoms with E-state index >= 15 is 0 Å². The summed E-state index contributed by atoms with van der Waals surface area (Å²) >= 11 is 5.06. The van der Waals surface area contributed by atoms with Crippen LogP contribution in [0.25, 0.3) is 0 Å². The van der Waals surface area contributed by atoms with Crippen molar-refractivity contribution in [3.63, 3.8) is 0 Å². The van der Waals surface area contributed by atoms with Crippen molar-refractivity contribution < 1.29 is 0 Å². The lowest BCUT2D eigenvalue weighted by Gasteiger charge is -2.04. The third-order valence-electron chi connectivity index (χ3n) is 2.95. The zero-order chi connectivity index (χ0) is 16.1. The fourth-order valence-corrected chi connectivity index (χ4v) is 3.22. The molecule has 116 valence electrons. The number of hydrogen-bond acceptors (Lipinski definition) is 5. The van der Waals surface area contributed by atoms with Gasteiger partial charge in [-0.15, -0.1) is 16.4 Å². The fraction of sp³-hybridized carbons (Fsp3) is 0.0667. The first-order chi connectivity index (χ1) is 11.2. The summed E-state index contributed by atoms with van der Waals surface area (Å²) in [5, 5.41) is 8.48. The van der Waals surface area contributed by atoms with Crippen LogP contribution in [0.3, 0.4) is 0 Å². The maximum Gasteiger partial charge on any atom is 0.171 e. The first kappa shape index (κ1) is 15.6. The maximum atomic E-state index is 5.96. The first-order valence-corrected chi connectivity index (χ1v) is 8.36. The van der Waals surface area contributed by atoms with Gasteiger partial charge in [-0.2, -0.15) is 5.10 Å². The Hall–Kier alpha value is -2.32. The summed E-state index contributed by atoms with van der Waals surface area (Å²) in [6.07, 6.45) is 7.02. The van der Waals surface area contributed by atoms with E-state index in [1.54, 1.807) is 36.1 Å². The van der Waals surface area contributed by atoms with E-state index in [4.69, 9.17) is 5.73 Å². The molecule has 8 heteroatoms. The molecule has 3 heterocycles. The van der Waals surface area contributed by atoms with Crippen molar-refractivity contribution in [1.29, 1.82) is 0 Å². The van der Waals surface area contributed by atoms with Crippen LogP contribution in [0.5, 0.6) is 0 Å². The Morgan fingerprint density at radius 3 is 2.78 bits per heavy atom. The van der Waals surface area contributed by atoms with Crippen LogP contribution in [0.1, 0.15) is 10.6 Å². The van der Waals surface area contributed by atoms with E-state index < -0.39 is 0 Å². The van der Waals surface area contributed by atoms with Crippen LogP contribution in [0, 0.1) is 0 Å². The molecule has 0 spiro atoms. The van der Waals surface area contributed by atoms with E-state index in [1.165, 1.54) is 0 Å². The highest BCUT2D eigenvalue weighted by atomic mass is 79.9. The third kappa shape index (κ3) is 4.11. The molecule has 0 unspecified atom stereocenters. The number of nitrogens with two attached hydrogens (primary N) is 1. The molecule has 3 rings (SSSR count). The van der Waals surface area contributed by atoms with Gasteiger partial charge >= 0.3 is 0 Å². The number of aromatic nitrogens is 3. The smallest absolute Gasteiger partial charge is 0.171 e. The van der Waals surface area contributed by atoms with E-state index in [0.29, 0.717) is 12.2 Å². The highest BCUT2D eigenvalue weighted by molar-refractivity contribution is 9.11. The van der Waals surface area contributed by atoms with Gasteiger partial charge in [0.15, 0.2) is 5.84 Å². The molecule has 3 aromatic rings. The molecule has 2 N–H and O–H groups in total. The Balaban J connectivity index is 1.91. The molecular weight excluding hydrogens is 376 g/mol. The summed E-state index contributed by atoms with van der Waals surface area (Å²) in [4.78, 5) is 9.23. The standard InChI is InChI=1S/C15H13BrN6S/c16-14-5-4-13(23-14)12(9-22-8-7-18-10-22)20-21-15(17)11-3-1-2-6-19-11/h1-8,10H,9H2,(H2,17,21)/b20-12+. The average Bonchev–Trinajstić information content (AvgIpc) is 3.23. The zero-order valence-electron chi connectivity index (χ0n) is 12.0. The van der Waals surface area contributed by atoms with Gasteiger partial charge in [0.05, 0.1) is 21.5 Å². The minimum absolute atomic E-state index is 0.282. The molecule has 23 heavy (non-hydrogen) atoms. The van der Waals surface area contributed by atoms with E-state index in [9.17, 15) is 0 Å². The van der Waals surface area contributed by atoms with Crippen LogP contribution in [0.4, 0.5) is 0 Å². The number of pyridine rings is 1. The van der Waals surface area contributed by atoms with Crippen LogP contribution in [-0.4, -0.2) is 26.1 Å². The average molecular weight is 389 g/mol. The van der Waals surface area contributed by atoms with Crippen LogP contribution < -0.4 is 5.73 Å². The molecule has 0 saturated heterocycles. The Morgan fingerprint density at radius 1 is 1.22 bits per heavy atom. The van der Waals surface area contributed by atoms with Crippen LogP contribution in [0.2, 0.25) is 0 Å². The summed E-state index contributed by atoms with van der Waals surface area (Å²) in [5.74, 6) is 0.282. The predicted molar refractivity (Wildman–Crippen MR) is 95.7 cm³/mol. The van der Waals surface area contributed by atoms with Gasteiger partial charge < -0.3 is 10.3 Å². The molecule has 0 saturated carbocycles. The van der Waals surface area contributed by atoms with Gasteiger partial charge in [-0.05, 0) is 40.2 Å². The van der Waals surface area contributed by atoms with Crippen LogP contribution in [-0.2, 0) is 6.54 Å². The minimum Gasteiger partial charge on any atom is -0.380 e. The van der Waals surface area contributed by atoms with Crippen LogP contribution in [0.15, 0.2) is 69.2 Å². The van der Waals surface area contributed by atoms with Gasteiger partial charge in [-0.1, -0.05) is 6.07 Å². The highest BCUT2D eigenvalue weighted by Crippen LogP contribution is 2.23. The van der Waals surface area contributed by atoms with Gasteiger partial charge in [0.25, 0.3) is 0 Å². The second kappa shape index (κ2) is 7.30. The largest absolute Gasteiger partial charge is 0.380 e. The number of rotatable bonds is 5. The molecule has 0 bridgehead atoms. The number of nitrogens with zero attached hydrogens (tertiary/aromatic N) is 5. The fourth-order valence-electron chi connectivity index (χ4n) is 1.86. The van der Waals surface area contributed by atoms with E-state index in [2.05, 4.69) is 36.1 Å². The summed E-state index contributed by atoms with van der Waals surface area (Å²) in [6, 6.07) is 9.46. The van der Waals surface area contributed by atoms with Crippen molar-refractivity contribution in [2.24, 2.45) is 15.9 Å². The van der Waals surface area contributed by atoms with Crippen molar-refractivity contribution in [3.05, 3.63) is 69.6 Å². The summed E-state index contributed by atoms with van der Waals surface area (Å²) in [5.41, 5.74) is 7.36. The first-order valence-electron chi connectivity index (χ1n) is 6.75. The van der Waals surface area contributed by atoms with Crippen LogP contribution >= 0.6 is 27.3 Å². The Kier molecular flexibility index (Phi) is 4.94. The number of imidazole rings is 1. The number of amidine groups is 1. The molecule has 6 nitrogen and oxygen atoms in total. The molecule has 0 aromatic carbocycles. The summed E-state index contributed by atoms with van der Waals surface area (Å²) in [7, 11) is 0. The van der Waals surface area contributed by atoms with Crippen molar-refractivity contribution in [2.45, 2.75) is 6.54 Å². The van der Waals surface area contributed by atoms with Gasteiger partial charge in [0.2, 0.25) is 0 Å². The van der Waals surface area contributed by atoms with Crippen molar-refractivity contribution >= 4 is 38.8 Å². The normalized spacial score (nSPS) is 12.6. The number of hydrogen-bond donors (Lipinski definition) is 1. The van der Waals surface area contributed by atoms with E-state index in [1.807, 2.05) is 35.0 Å². The molecule has 3 aromatic heterocycles. The predicted octanol–water partition coefficient (Wildman–Crippen LogP) is 2.91. The molecule has 0 aliphatic rings. The number of halogens is 1. The quantitative estimate of drug-likeness (QED) is 0.414. The second-order valence-electron chi connectivity index (χ2n) is 4.59. The van der Waals surface area contributed by atoms with Gasteiger partial charge in [-0.3, -0.25) is 4.98 Å². The lowest BCUT2D eigenvalue weighted by Crippen LogP contribution is -2.15. The summed E-state index contributed by atoms with van der Waals surface area (Å²) < 4.78 is 2.96. The highest BCUT2D eigenvalue weighted by Gasteiger charge is 2.08. The SMILES string of the molecule is N/C(=N\N=C(/Cn1ccnc1)c1ccc(Br)s1)c1ccccn1. The molecule has 0 fully saturated rings. The molecule has 0 radical (unpaired) electrons. The van der Waals surface area contributed by atoms with Gasteiger partial charge in [-0.25, -0.2) is 4.98 Å².